The second-order valence-electron chi connectivity index (χ2n) is 6.10. The number of hydrogen-bond acceptors (Lipinski definition) is 3. The van der Waals surface area contributed by atoms with Gasteiger partial charge in [-0.2, -0.15) is 0 Å². The smallest absolute Gasteiger partial charge is 0.0756 e. The number of hydrogen-bond donors (Lipinski definition) is 2. The maximum absolute atomic E-state index is 10.1. The van der Waals surface area contributed by atoms with E-state index in [-0.39, 0.29) is 12.1 Å². The van der Waals surface area contributed by atoms with E-state index in [9.17, 15) is 5.11 Å². The summed E-state index contributed by atoms with van der Waals surface area (Å²) in [7, 11) is 0. The van der Waals surface area contributed by atoms with E-state index in [2.05, 4.69) is 40.5 Å². The van der Waals surface area contributed by atoms with Crippen molar-refractivity contribution in [2.75, 3.05) is 24.5 Å². The van der Waals surface area contributed by atoms with Gasteiger partial charge in [-0.1, -0.05) is 41.9 Å². The Labute approximate surface area is 135 Å². The summed E-state index contributed by atoms with van der Waals surface area (Å²) in [5.74, 6) is 0. The van der Waals surface area contributed by atoms with Gasteiger partial charge in [-0.3, -0.25) is 0 Å². The lowest BCUT2D eigenvalue weighted by Gasteiger charge is -2.35. The van der Waals surface area contributed by atoms with Crippen LogP contribution in [0.1, 0.15) is 22.7 Å². The zero-order chi connectivity index (χ0) is 15.1. The van der Waals surface area contributed by atoms with Gasteiger partial charge in [-0.15, -0.1) is 0 Å². The molecular weight excluding hydrogens is 296 g/mol. The molecule has 2 atom stereocenters. The summed E-state index contributed by atoms with van der Waals surface area (Å²) >= 11 is 6.36. The van der Waals surface area contributed by atoms with Gasteiger partial charge in [-0.25, -0.2) is 0 Å². The predicted molar refractivity (Wildman–Crippen MR) is 89.7 cm³/mol. The molecule has 0 saturated carbocycles. The second-order valence-corrected chi connectivity index (χ2v) is 6.54. The highest BCUT2D eigenvalue weighted by Crippen LogP contribution is 2.40. The normalized spacial score (nSPS) is 23.8. The zero-order valence-corrected chi connectivity index (χ0v) is 13.1. The molecule has 0 saturated heterocycles. The summed E-state index contributed by atoms with van der Waals surface area (Å²) in [4.78, 5) is 2.30. The van der Waals surface area contributed by atoms with Crippen LogP contribution in [-0.4, -0.2) is 30.8 Å². The van der Waals surface area contributed by atoms with Crippen molar-refractivity contribution in [1.29, 1.82) is 0 Å². The number of nitrogens with zero attached hydrogens (tertiary/aromatic N) is 1. The Kier molecular flexibility index (Phi) is 3.57. The largest absolute Gasteiger partial charge is 0.391 e. The number of anilines is 1. The van der Waals surface area contributed by atoms with Crippen LogP contribution in [0.3, 0.4) is 0 Å². The summed E-state index contributed by atoms with van der Waals surface area (Å²) in [6.45, 7) is 2.49. The first-order valence-corrected chi connectivity index (χ1v) is 8.14. The Morgan fingerprint density at radius 3 is 2.82 bits per heavy atom. The van der Waals surface area contributed by atoms with Crippen molar-refractivity contribution in [1.82, 2.24) is 5.32 Å². The van der Waals surface area contributed by atoms with Gasteiger partial charge < -0.3 is 15.3 Å². The maximum atomic E-state index is 10.1. The number of benzene rings is 2. The molecule has 2 aromatic rings. The first-order valence-electron chi connectivity index (χ1n) is 7.76. The molecule has 0 aromatic heterocycles. The fourth-order valence-corrected chi connectivity index (χ4v) is 3.95. The fraction of sp³-hybridized carbons (Fsp3) is 0.333. The van der Waals surface area contributed by atoms with Crippen LogP contribution in [0.4, 0.5) is 5.69 Å². The lowest BCUT2D eigenvalue weighted by atomic mass is 9.91. The van der Waals surface area contributed by atoms with Crippen LogP contribution in [0, 0.1) is 0 Å². The van der Waals surface area contributed by atoms with Crippen LogP contribution < -0.4 is 10.2 Å². The molecular formula is C18H19ClN2O. The quantitative estimate of drug-likeness (QED) is 0.849. The average molecular weight is 315 g/mol. The second kappa shape index (κ2) is 5.58. The Balaban J connectivity index is 1.89. The fourth-order valence-electron chi connectivity index (χ4n) is 3.70. The number of aliphatic hydroxyl groups is 1. The number of nitrogens with one attached hydrogen (secondary N) is 1. The lowest BCUT2D eigenvalue weighted by Crippen LogP contribution is -2.40. The predicted octanol–water partition coefficient (Wildman–Crippen LogP) is 2.76. The number of rotatable bonds is 1. The van der Waals surface area contributed by atoms with E-state index in [1.807, 2.05) is 12.1 Å². The summed E-state index contributed by atoms with van der Waals surface area (Å²) in [6.07, 6.45) is 0.369. The molecule has 2 heterocycles. The SMILES string of the molecule is OC1Cc2cc(Cl)cc3c2N(CCNC3c2ccccc2)C1. The van der Waals surface area contributed by atoms with Crippen molar-refractivity contribution in [3.05, 3.63) is 64.2 Å². The minimum absolute atomic E-state index is 0.147. The topological polar surface area (TPSA) is 35.5 Å². The summed E-state index contributed by atoms with van der Waals surface area (Å²) < 4.78 is 0. The first-order chi connectivity index (χ1) is 10.7. The molecule has 0 aliphatic carbocycles. The Bertz CT molecular complexity index is 689. The third kappa shape index (κ3) is 2.39. The van der Waals surface area contributed by atoms with Gasteiger partial charge in [0.2, 0.25) is 0 Å². The van der Waals surface area contributed by atoms with Gasteiger partial charge in [0.05, 0.1) is 12.1 Å². The van der Waals surface area contributed by atoms with Gasteiger partial charge in [0.25, 0.3) is 0 Å². The third-order valence-electron chi connectivity index (χ3n) is 4.56. The molecule has 3 nitrogen and oxygen atoms in total. The highest BCUT2D eigenvalue weighted by molar-refractivity contribution is 6.30. The van der Waals surface area contributed by atoms with E-state index in [1.54, 1.807) is 0 Å². The molecule has 2 unspecified atom stereocenters. The lowest BCUT2D eigenvalue weighted by molar-refractivity contribution is 0.175. The van der Waals surface area contributed by atoms with Crippen LogP contribution in [0.5, 0.6) is 0 Å². The van der Waals surface area contributed by atoms with E-state index in [0.29, 0.717) is 13.0 Å². The molecule has 0 amide bonds. The van der Waals surface area contributed by atoms with Gasteiger partial charge in [0, 0.05) is 36.8 Å². The molecule has 2 N–H and O–H groups in total. The van der Waals surface area contributed by atoms with E-state index in [0.717, 1.165) is 23.7 Å². The van der Waals surface area contributed by atoms with Crippen molar-refractivity contribution < 1.29 is 5.11 Å². The van der Waals surface area contributed by atoms with E-state index in [1.165, 1.54) is 16.8 Å². The average Bonchev–Trinajstić information content (AvgIpc) is 2.68. The van der Waals surface area contributed by atoms with Crippen LogP contribution in [0.25, 0.3) is 0 Å². The van der Waals surface area contributed by atoms with Crippen LogP contribution in [0.15, 0.2) is 42.5 Å². The maximum Gasteiger partial charge on any atom is 0.0756 e. The Morgan fingerprint density at radius 1 is 1.18 bits per heavy atom. The monoisotopic (exact) mass is 314 g/mol. The van der Waals surface area contributed by atoms with Gasteiger partial charge in [0.15, 0.2) is 0 Å². The van der Waals surface area contributed by atoms with E-state index < -0.39 is 0 Å². The molecule has 0 radical (unpaired) electrons. The summed E-state index contributed by atoms with van der Waals surface area (Å²) in [5, 5.41) is 14.5. The van der Waals surface area contributed by atoms with Crippen molar-refractivity contribution in [2.24, 2.45) is 0 Å². The minimum Gasteiger partial charge on any atom is -0.391 e. The van der Waals surface area contributed by atoms with Gasteiger partial charge in [0.1, 0.15) is 0 Å². The molecule has 22 heavy (non-hydrogen) atoms. The van der Waals surface area contributed by atoms with Crippen LogP contribution in [0.2, 0.25) is 5.02 Å². The van der Waals surface area contributed by atoms with Crippen LogP contribution in [-0.2, 0) is 6.42 Å². The number of halogens is 1. The van der Waals surface area contributed by atoms with E-state index >= 15 is 0 Å². The molecule has 0 spiro atoms. The molecule has 0 fully saturated rings. The highest BCUT2D eigenvalue weighted by atomic mass is 35.5. The molecule has 4 rings (SSSR count). The molecule has 2 aliphatic heterocycles. The van der Waals surface area contributed by atoms with Crippen LogP contribution >= 0.6 is 11.6 Å². The zero-order valence-electron chi connectivity index (χ0n) is 12.3. The van der Waals surface area contributed by atoms with E-state index in [4.69, 9.17) is 11.6 Å². The third-order valence-corrected chi connectivity index (χ3v) is 4.78. The van der Waals surface area contributed by atoms with Crippen molar-refractivity contribution >= 4 is 17.3 Å². The standard InChI is InChI=1S/C18H19ClN2O/c19-14-8-13-9-15(22)11-21-7-6-20-17(16(10-14)18(13)21)12-4-2-1-3-5-12/h1-5,8,10,15,17,20,22H,6-7,9,11H2. The Hall–Kier alpha value is -1.55. The molecule has 0 bridgehead atoms. The minimum atomic E-state index is -0.313. The van der Waals surface area contributed by atoms with Gasteiger partial charge >= 0.3 is 0 Å². The highest BCUT2D eigenvalue weighted by Gasteiger charge is 2.31. The van der Waals surface area contributed by atoms with Gasteiger partial charge in [-0.05, 0) is 28.8 Å². The van der Waals surface area contributed by atoms with Crippen molar-refractivity contribution in [3.63, 3.8) is 0 Å². The molecule has 2 aliphatic rings. The summed E-state index contributed by atoms with van der Waals surface area (Å²) in [6, 6.07) is 14.7. The summed E-state index contributed by atoms with van der Waals surface area (Å²) in [5.41, 5.74) is 4.89. The Morgan fingerprint density at radius 2 is 2.00 bits per heavy atom. The number of aliphatic hydroxyl groups excluding tert-OH is 1. The van der Waals surface area contributed by atoms with Crippen molar-refractivity contribution in [2.45, 2.75) is 18.6 Å². The first kappa shape index (κ1) is 14.1. The molecule has 114 valence electrons. The molecule has 2 aromatic carbocycles. The molecule has 4 heteroatoms. The van der Waals surface area contributed by atoms with Crippen molar-refractivity contribution in [3.8, 4) is 0 Å².